The lowest BCUT2D eigenvalue weighted by molar-refractivity contribution is -0.159. The van der Waals surface area contributed by atoms with Gasteiger partial charge in [0.1, 0.15) is 5.75 Å². The van der Waals surface area contributed by atoms with Gasteiger partial charge in [0.15, 0.2) is 0 Å². The summed E-state index contributed by atoms with van der Waals surface area (Å²) in [7, 11) is 0. The van der Waals surface area contributed by atoms with Crippen LogP contribution in [0, 0.1) is 0 Å². The van der Waals surface area contributed by atoms with E-state index in [-0.39, 0.29) is 0 Å². The summed E-state index contributed by atoms with van der Waals surface area (Å²) in [6.07, 6.45) is 6.34. The summed E-state index contributed by atoms with van der Waals surface area (Å²) in [4.78, 5) is 20.8. The van der Waals surface area contributed by atoms with Gasteiger partial charge >= 0.3 is 11.9 Å². The van der Waals surface area contributed by atoms with E-state index in [0.29, 0.717) is 0 Å². The fourth-order valence-corrected chi connectivity index (χ4v) is 2.59. The van der Waals surface area contributed by atoms with E-state index in [1.807, 2.05) is 0 Å². The van der Waals surface area contributed by atoms with Crippen molar-refractivity contribution < 1.29 is 24.5 Å². The first-order chi connectivity index (χ1) is 11.5. The maximum atomic E-state index is 9.10. The molecule has 6 nitrogen and oxygen atoms in total. The molecule has 1 aromatic rings. The van der Waals surface area contributed by atoms with Crippen molar-refractivity contribution in [3.05, 3.63) is 29.8 Å². The topological polar surface area (TPSA) is 87.1 Å². The second-order valence-electron chi connectivity index (χ2n) is 5.68. The molecule has 0 atom stereocenters. The Morgan fingerprint density at radius 2 is 1.71 bits per heavy atom. The molecule has 1 aliphatic heterocycles. The second-order valence-corrected chi connectivity index (χ2v) is 5.68. The Labute approximate surface area is 143 Å². The van der Waals surface area contributed by atoms with Gasteiger partial charge in [-0.15, -0.1) is 0 Å². The number of aliphatic carboxylic acids is 2. The smallest absolute Gasteiger partial charge is 0.414 e. The minimum atomic E-state index is -1.82. The molecule has 0 bridgehead atoms. The van der Waals surface area contributed by atoms with Crippen LogP contribution < -0.4 is 4.74 Å². The first kappa shape index (κ1) is 20.0. The summed E-state index contributed by atoms with van der Waals surface area (Å²) >= 11 is 0. The van der Waals surface area contributed by atoms with Gasteiger partial charge in [-0.1, -0.05) is 31.5 Å². The molecule has 0 aromatic heterocycles. The van der Waals surface area contributed by atoms with Gasteiger partial charge in [0.2, 0.25) is 0 Å². The van der Waals surface area contributed by atoms with E-state index in [9.17, 15) is 0 Å². The Hall–Kier alpha value is -2.08. The van der Waals surface area contributed by atoms with E-state index < -0.39 is 11.9 Å². The highest BCUT2D eigenvalue weighted by molar-refractivity contribution is 6.27. The van der Waals surface area contributed by atoms with E-state index >= 15 is 0 Å². The lowest BCUT2D eigenvalue weighted by Gasteiger charge is -2.26. The zero-order chi connectivity index (χ0) is 17.8. The molecule has 1 aromatic carbocycles. The van der Waals surface area contributed by atoms with Crippen LogP contribution >= 0.6 is 0 Å². The van der Waals surface area contributed by atoms with Gasteiger partial charge in [0, 0.05) is 6.54 Å². The molecule has 0 saturated carbocycles. The van der Waals surface area contributed by atoms with Crippen molar-refractivity contribution in [2.75, 3.05) is 26.2 Å². The minimum Gasteiger partial charge on any atom is -0.493 e. The number of ether oxygens (including phenoxy) is 1. The van der Waals surface area contributed by atoms with E-state index in [2.05, 4.69) is 36.1 Å². The third-order valence-corrected chi connectivity index (χ3v) is 3.86. The van der Waals surface area contributed by atoms with Crippen LogP contribution in [0.25, 0.3) is 0 Å². The average Bonchev–Trinajstić information content (AvgIpc) is 2.60. The summed E-state index contributed by atoms with van der Waals surface area (Å²) in [5.41, 5.74) is 1.32. The van der Waals surface area contributed by atoms with Crippen LogP contribution in [-0.2, 0) is 16.0 Å². The highest BCUT2D eigenvalue weighted by atomic mass is 16.5. The zero-order valence-corrected chi connectivity index (χ0v) is 14.2. The molecule has 1 heterocycles. The Morgan fingerprint density at radius 3 is 2.29 bits per heavy atom. The quantitative estimate of drug-likeness (QED) is 0.613. The summed E-state index contributed by atoms with van der Waals surface area (Å²) in [5, 5.41) is 14.8. The van der Waals surface area contributed by atoms with Crippen LogP contribution in [0.2, 0.25) is 0 Å². The van der Waals surface area contributed by atoms with E-state index in [1.165, 1.54) is 44.5 Å². The monoisotopic (exact) mass is 337 g/mol. The third-order valence-electron chi connectivity index (χ3n) is 3.86. The number of piperidine rings is 1. The number of hydrogen-bond acceptors (Lipinski definition) is 4. The van der Waals surface area contributed by atoms with Crippen LogP contribution in [-0.4, -0.2) is 53.3 Å². The maximum Gasteiger partial charge on any atom is 0.414 e. The molecule has 6 heteroatoms. The molecular weight excluding hydrogens is 310 g/mol. The minimum absolute atomic E-state index is 0.841. The summed E-state index contributed by atoms with van der Waals surface area (Å²) in [5.74, 6) is -2.58. The van der Waals surface area contributed by atoms with Crippen LogP contribution in [0.5, 0.6) is 5.75 Å². The third kappa shape index (κ3) is 7.97. The highest BCUT2D eigenvalue weighted by Gasteiger charge is 2.09. The first-order valence-corrected chi connectivity index (χ1v) is 8.43. The number of aryl methyl sites for hydroxylation is 1. The Kier molecular flexibility index (Phi) is 9.53. The summed E-state index contributed by atoms with van der Waals surface area (Å²) < 4.78 is 5.89. The molecule has 1 fully saturated rings. The summed E-state index contributed by atoms with van der Waals surface area (Å²) in [6, 6.07) is 8.37. The highest BCUT2D eigenvalue weighted by Crippen LogP contribution is 2.18. The van der Waals surface area contributed by atoms with Gasteiger partial charge in [-0.3, -0.25) is 0 Å². The zero-order valence-electron chi connectivity index (χ0n) is 14.2. The van der Waals surface area contributed by atoms with Gasteiger partial charge in [-0.2, -0.15) is 0 Å². The molecule has 0 aliphatic carbocycles. The molecule has 1 saturated heterocycles. The van der Waals surface area contributed by atoms with Crippen molar-refractivity contribution in [3.8, 4) is 5.75 Å². The predicted molar refractivity (Wildman–Crippen MR) is 91.5 cm³/mol. The van der Waals surface area contributed by atoms with Crippen LogP contribution in [0.15, 0.2) is 24.3 Å². The van der Waals surface area contributed by atoms with Gasteiger partial charge in [-0.05, 0) is 50.4 Å². The van der Waals surface area contributed by atoms with Crippen molar-refractivity contribution >= 4 is 11.9 Å². The molecule has 0 amide bonds. The molecule has 2 N–H and O–H groups in total. The standard InChI is InChI=1S/C16H25NO.C2H2O4/c1-2-15-9-4-5-10-16(15)18-14-8-13-17-11-6-3-7-12-17;3-1(4)2(5)6/h4-5,9-10H,2-3,6-8,11-14H2,1H3;(H,3,4)(H,5,6). The fourth-order valence-electron chi connectivity index (χ4n) is 2.59. The number of carboxylic acid groups (broad SMARTS) is 2. The van der Waals surface area contributed by atoms with Gasteiger partial charge in [-0.25, -0.2) is 9.59 Å². The number of carbonyl (C=O) groups is 2. The number of likely N-dealkylation sites (tertiary alicyclic amines) is 1. The number of rotatable bonds is 6. The van der Waals surface area contributed by atoms with E-state index in [1.54, 1.807) is 0 Å². The molecular formula is C18H27NO5. The van der Waals surface area contributed by atoms with Crippen molar-refractivity contribution in [1.82, 2.24) is 4.90 Å². The normalized spacial score (nSPS) is 14.4. The number of para-hydroxylation sites is 1. The molecule has 0 radical (unpaired) electrons. The van der Waals surface area contributed by atoms with Crippen LogP contribution in [0.4, 0.5) is 0 Å². The summed E-state index contributed by atoms with van der Waals surface area (Å²) in [6.45, 7) is 6.77. The lowest BCUT2D eigenvalue weighted by Crippen LogP contribution is -2.31. The second kappa shape index (κ2) is 11.5. The number of benzene rings is 1. The molecule has 0 spiro atoms. The average molecular weight is 337 g/mol. The van der Waals surface area contributed by atoms with Crippen molar-refractivity contribution in [2.45, 2.75) is 39.0 Å². The number of carboxylic acids is 2. The molecule has 1 aliphatic rings. The Morgan fingerprint density at radius 1 is 1.08 bits per heavy atom. The van der Waals surface area contributed by atoms with E-state index in [0.717, 1.165) is 25.2 Å². The number of hydrogen-bond donors (Lipinski definition) is 2. The lowest BCUT2D eigenvalue weighted by atomic mass is 10.1. The van der Waals surface area contributed by atoms with Crippen molar-refractivity contribution in [1.29, 1.82) is 0 Å². The van der Waals surface area contributed by atoms with Crippen LogP contribution in [0.3, 0.4) is 0 Å². The number of nitrogens with zero attached hydrogens (tertiary/aromatic N) is 1. The van der Waals surface area contributed by atoms with Crippen LogP contribution in [0.1, 0.15) is 38.2 Å². The SMILES string of the molecule is CCc1ccccc1OCCCN1CCCCC1.O=C(O)C(=O)O. The Balaban J connectivity index is 0.000000413. The molecule has 2 rings (SSSR count). The van der Waals surface area contributed by atoms with Gasteiger partial charge in [0.05, 0.1) is 6.61 Å². The van der Waals surface area contributed by atoms with Gasteiger partial charge < -0.3 is 19.8 Å². The molecule has 24 heavy (non-hydrogen) atoms. The maximum absolute atomic E-state index is 9.10. The van der Waals surface area contributed by atoms with E-state index in [4.69, 9.17) is 24.5 Å². The van der Waals surface area contributed by atoms with Crippen molar-refractivity contribution in [3.63, 3.8) is 0 Å². The molecule has 134 valence electrons. The largest absolute Gasteiger partial charge is 0.493 e. The van der Waals surface area contributed by atoms with Crippen molar-refractivity contribution in [2.24, 2.45) is 0 Å². The Bertz CT molecular complexity index is 500. The fraction of sp³-hybridized carbons (Fsp3) is 0.556. The molecule has 0 unspecified atom stereocenters. The predicted octanol–water partition coefficient (Wildman–Crippen LogP) is 2.66. The first-order valence-electron chi connectivity index (χ1n) is 8.43. The van der Waals surface area contributed by atoms with Gasteiger partial charge in [0.25, 0.3) is 0 Å².